The fraction of sp³-hybridized carbons (Fsp3) is 0.0526. The molecule has 0 radical (unpaired) electrons. The van der Waals surface area contributed by atoms with Gasteiger partial charge < -0.3 is 16.3 Å². The molecule has 0 aliphatic carbocycles. The highest BCUT2D eigenvalue weighted by Crippen LogP contribution is 2.20. The van der Waals surface area contributed by atoms with Crippen LogP contribution in [0.15, 0.2) is 64.3 Å². The van der Waals surface area contributed by atoms with Gasteiger partial charge in [0, 0.05) is 12.1 Å². The molecular weight excluding hydrogens is 374 g/mol. The summed E-state index contributed by atoms with van der Waals surface area (Å²) < 4.78 is 4.71. The maximum Gasteiger partial charge on any atom is 0.335 e. The summed E-state index contributed by atoms with van der Waals surface area (Å²) >= 11 is 0. The van der Waals surface area contributed by atoms with E-state index in [1.165, 1.54) is 12.1 Å². The molecule has 10 heteroatoms. The van der Waals surface area contributed by atoms with Crippen molar-refractivity contribution in [2.45, 2.75) is 6.54 Å². The number of carboxylic acid groups (broad SMARTS) is 1. The molecule has 0 saturated heterocycles. The van der Waals surface area contributed by atoms with Gasteiger partial charge >= 0.3 is 5.97 Å². The summed E-state index contributed by atoms with van der Waals surface area (Å²) in [6.07, 6.45) is 0. The second kappa shape index (κ2) is 7.72. The Morgan fingerprint density at radius 3 is 2.31 bits per heavy atom. The minimum Gasteiger partial charge on any atom is -0.478 e. The lowest BCUT2D eigenvalue weighted by atomic mass is 10.0. The van der Waals surface area contributed by atoms with Gasteiger partial charge in [-0.2, -0.15) is 5.10 Å². The summed E-state index contributed by atoms with van der Waals surface area (Å²) in [5.74, 6) is 5.01. The van der Waals surface area contributed by atoms with Gasteiger partial charge in [0.05, 0.1) is 5.56 Å². The third kappa shape index (κ3) is 3.72. The van der Waals surface area contributed by atoms with Gasteiger partial charge in [-0.3, -0.25) is 0 Å². The molecule has 29 heavy (non-hydrogen) atoms. The van der Waals surface area contributed by atoms with Crippen LogP contribution in [-0.2, 0) is 6.54 Å². The molecule has 0 aliphatic heterocycles. The lowest BCUT2D eigenvalue weighted by Crippen LogP contribution is -2.15. The predicted molar refractivity (Wildman–Crippen MR) is 104 cm³/mol. The first-order valence-corrected chi connectivity index (χ1v) is 8.56. The Morgan fingerprint density at radius 1 is 1.00 bits per heavy atom. The van der Waals surface area contributed by atoms with E-state index in [0.29, 0.717) is 29.3 Å². The minimum atomic E-state index is -1.03. The van der Waals surface area contributed by atoms with Crippen molar-refractivity contribution in [3.63, 3.8) is 0 Å². The Kier molecular flexibility index (Phi) is 4.81. The quantitative estimate of drug-likeness (QED) is 0.255. The first kappa shape index (κ1) is 18.0. The highest BCUT2D eigenvalue weighted by molar-refractivity contribution is 6.14. The number of carbonyl (C=O) groups is 1. The molecule has 10 nitrogen and oxygen atoms in total. The molecule has 2 aromatic carbocycles. The lowest BCUT2D eigenvalue weighted by Gasteiger charge is -2.12. The highest BCUT2D eigenvalue weighted by atomic mass is 16.6. The van der Waals surface area contributed by atoms with Crippen LogP contribution in [0.25, 0.3) is 11.3 Å². The molecule has 0 atom stereocenters. The third-order valence-corrected chi connectivity index (χ3v) is 4.18. The van der Waals surface area contributed by atoms with Gasteiger partial charge in [0.1, 0.15) is 11.4 Å². The number of nitrogens with zero attached hydrogens (tertiary/aromatic N) is 5. The van der Waals surface area contributed by atoms with E-state index in [9.17, 15) is 4.79 Å². The van der Waals surface area contributed by atoms with Crippen molar-refractivity contribution in [2.24, 2.45) is 10.9 Å². The van der Waals surface area contributed by atoms with Crippen molar-refractivity contribution in [3.8, 4) is 0 Å². The summed E-state index contributed by atoms with van der Waals surface area (Å²) in [5.41, 5.74) is 2.86. The molecule has 0 spiro atoms. The Hall–Kier alpha value is -4.34. The number of benzene rings is 2. The van der Waals surface area contributed by atoms with Gasteiger partial charge in [-0.25, -0.2) is 19.4 Å². The molecule has 0 aliphatic rings. The standard InChI is InChI=1S/C19H15N7O3/c20-24-14(12-6-8-13(9-7-12)19(27)28)15-16(21-10-11-4-2-1-3-5-11)23-18-17(22-15)25-29-26-18/h1-9H,10,20H2,(H,27,28)(H,21,23,26)/b24-14+. The van der Waals surface area contributed by atoms with Gasteiger partial charge in [0.2, 0.25) is 11.3 Å². The van der Waals surface area contributed by atoms with Gasteiger partial charge in [0.25, 0.3) is 0 Å². The van der Waals surface area contributed by atoms with Crippen molar-refractivity contribution in [2.75, 3.05) is 5.32 Å². The summed E-state index contributed by atoms with van der Waals surface area (Å²) in [6, 6.07) is 15.9. The van der Waals surface area contributed by atoms with E-state index >= 15 is 0 Å². The summed E-state index contributed by atoms with van der Waals surface area (Å²) in [4.78, 5) is 20.0. The fourth-order valence-corrected chi connectivity index (χ4v) is 2.75. The van der Waals surface area contributed by atoms with Crippen molar-refractivity contribution in [1.82, 2.24) is 20.3 Å². The summed E-state index contributed by atoms with van der Waals surface area (Å²) in [6.45, 7) is 0.481. The van der Waals surface area contributed by atoms with Crippen LogP contribution < -0.4 is 11.2 Å². The van der Waals surface area contributed by atoms with Crippen LogP contribution in [0, 0.1) is 0 Å². The molecule has 2 aromatic heterocycles. The molecule has 0 fully saturated rings. The number of rotatable bonds is 6. The Morgan fingerprint density at radius 2 is 1.66 bits per heavy atom. The van der Waals surface area contributed by atoms with E-state index in [1.54, 1.807) is 12.1 Å². The first-order chi connectivity index (χ1) is 14.2. The van der Waals surface area contributed by atoms with Crippen molar-refractivity contribution < 1.29 is 14.5 Å². The molecule has 0 saturated carbocycles. The molecule has 2 heterocycles. The van der Waals surface area contributed by atoms with Crippen LogP contribution in [0.5, 0.6) is 0 Å². The van der Waals surface area contributed by atoms with E-state index in [4.69, 9.17) is 15.6 Å². The number of aromatic carboxylic acids is 1. The number of fused-ring (bicyclic) bond motifs is 1. The zero-order valence-corrected chi connectivity index (χ0v) is 15.0. The van der Waals surface area contributed by atoms with Crippen molar-refractivity contribution in [3.05, 3.63) is 77.0 Å². The third-order valence-electron chi connectivity index (χ3n) is 4.18. The van der Waals surface area contributed by atoms with Crippen LogP contribution in [0.1, 0.15) is 27.2 Å². The molecule has 0 bridgehead atoms. The maximum atomic E-state index is 11.1. The van der Waals surface area contributed by atoms with E-state index < -0.39 is 5.97 Å². The van der Waals surface area contributed by atoms with Crippen LogP contribution in [0.2, 0.25) is 0 Å². The largest absolute Gasteiger partial charge is 0.478 e. The van der Waals surface area contributed by atoms with Gasteiger partial charge in [0.15, 0.2) is 5.82 Å². The van der Waals surface area contributed by atoms with Crippen LogP contribution >= 0.6 is 0 Å². The van der Waals surface area contributed by atoms with Gasteiger partial charge in [-0.1, -0.05) is 42.5 Å². The number of carboxylic acids is 1. The van der Waals surface area contributed by atoms with Gasteiger partial charge in [-0.15, -0.1) is 0 Å². The zero-order chi connectivity index (χ0) is 20.2. The normalized spacial score (nSPS) is 11.5. The van der Waals surface area contributed by atoms with Crippen LogP contribution in [-0.4, -0.2) is 37.1 Å². The molecule has 4 aromatic rings. The molecule has 0 amide bonds. The van der Waals surface area contributed by atoms with E-state index in [1.807, 2.05) is 30.3 Å². The number of hydrazone groups is 1. The van der Waals surface area contributed by atoms with Crippen LogP contribution in [0.3, 0.4) is 0 Å². The fourth-order valence-electron chi connectivity index (χ4n) is 2.75. The summed E-state index contributed by atoms with van der Waals surface area (Å²) in [7, 11) is 0. The number of hydrogen-bond acceptors (Lipinski definition) is 9. The van der Waals surface area contributed by atoms with E-state index in [0.717, 1.165) is 5.56 Å². The number of anilines is 1. The molecule has 144 valence electrons. The van der Waals surface area contributed by atoms with Crippen molar-refractivity contribution >= 4 is 28.8 Å². The molecule has 4 rings (SSSR count). The Balaban J connectivity index is 1.74. The van der Waals surface area contributed by atoms with Crippen LogP contribution in [0.4, 0.5) is 5.82 Å². The number of aromatic nitrogens is 4. The van der Waals surface area contributed by atoms with E-state index in [2.05, 4.69) is 30.7 Å². The number of hydrogen-bond donors (Lipinski definition) is 3. The monoisotopic (exact) mass is 389 g/mol. The zero-order valence-electron chi connectivity index (χ0n) is 15.0. The molecular formula is C19H15N7O3. The number of nitrogens with two attached hydrogens (primary N) is 1. The average Bonchev–Trinajstić information content (AvgIpc) is 3.21. The smallest absolute Gasteiger partial charge is 0.335 e. The molecule has 4 N–H and O–H groups in total. The lowest BCUT2D eigenvalue weighted by molar-refractivity contribution is 0.0697. The average molecular weight is 389 g/mol. The van der Waals surface area contributed by atoms with Crippen molar-refractivity contribution in [1.29, 1.82) is 0 Å². The van der Waals surface area contributed by atoms with E-state index in [-0.39, 0.29) is 16.9 Å². The predicted octanol–water partition coefficient (Wildman–Crippen LogP) is 2.03. The molecule has 0 unspecified atom stereocenters. The Labute approximate surface area is 164 Å². The SMILES string of the molecule is N/N=C(\c1ccc(C(=O)O)cc1)c1nc2nonc2nc1NCc1ccccc1. The maximum absolute atomic E-state index is 11.1. The number of nitrogens with one attached hydrogen (secondary N) is 1. The Bertz CT molecular complexity index is 1190. The minimum absolute atomic E-state index is 0.148. The highest BCUT2D eigenvalue weighted by Gasteiger charge is 2.19. The second-order valence-electron chi connectivity index (χ2n) is 6.03. The topological polar surface area (TPSA) is 152 Å². The summed E-state index contributed by atoms with van der Waals surface area (Å²) in [5, 5.41) is 23.6. The van der Waals surface area contributed by atoms with Gasteiger partial charge in [-0.05, 0) is 28.0 Å². The second-order valence-corrected chi connectivity index (χ2v) is 6.03. The first-order valence-electron chi connectivity index (χ1n) is 8.56.